The van der Waals surface area contributed by atoms with E-state index in [0.717, 1.165) is 12.8 Å². The lowest BCUT2D eigenvalue weighted by Gasteiger charge is -2.46. The summed E-state index contributed by atoms with van der Waals surface area (Å²) in [6.45, 7) is 2.43. The average molecular weight is 290 g/mol. The zero-order valence-electron chi connectivity index (χ0n) is 12.5. The van der Waals surface area contributed by atoms with Gasteiger partial charge in [0.25, 0.3) is 0 Å². The van der Waals surface area contributed by atoms with Gasteiger partial charge in [0.1, 0.15) is 0 Å². The third kappa shape index (κ3) is 3.74. The molecule has 0 atom stereocenters. The number of carbonyl (C=O) groups is 2. The first-order valence-electron chi connectivity index (χ1n) is 7.20. The van der Waals surface area contributed by atoms with Gasteiger partial charge >= 0.3 is 12.0 Å². The molecule has 0 aliphatic heterocycles. The monoisotopic (exact) mass is 290 g/mol. The van der Waals surface area contributed by atoms with E-state index < -0.39 is 5.97 Å². The van der Waals surface area contributed by atoms with Crippen LogP contribution in [0, 0.1) is 0 Å². The molecule has 1 saturated carbocycles. The van der Waals surface area contributed by atoms with Gasteiger partial charge in [-0.25, -0.2) is 4.79 Å². The van der Waals surface area contributed by atoms with Gasteiger partial charge < -0.3 is 15.3 Å². The Morgan fingerprint density at radius 1 is 1.33 bits per heavy atom. The number of urea groups is 1. The Kier molecular flexibility index (Phi) is 4.50. The van der Waals surface area contributed by atoms with Crippen LogP contribution in [0.15, 0.2) is 30.3 Å². The van der Waals surface area contributed by atoms with Crippen LogP contribution in [0.2, 0.25) is 0 Å². The SMILES string of the molecule is CN(CCC(=O)O)C(=O)NC1CC(C)(c2ccccc2)C1. The summed E-state index contributed by atoms with van der Waals surface area (Å²) < 4.78 is 0. The van der Waals surface area contributed by atoms with Crippen LogP contribution < -0.4 is 5.32 Å². The summed E-state index contributed by atoms with van der Waals surface area (Å²) in [4.78, 5) is 23.9. The quantitative estimate of drug-likeness (QED) is 0.873. The van der Waals surface area contributed by atoms with Crippen molar-refractivity contribution in [2.45, 2.75) is 37.6 Å². The van der Waals surface area contributed by atoms with Crippen molar-refractivity contribution in [3.05, 3.63) is 35.9 Å². The average Bonchev–Trinajstić information content (AvgIpc) is 2.43. The molecular weight excluding hydrogens is 268 g/mol. The van der Waals surface area contributed by atoms with Gasteiger partial charge in [-0.3, -0.25) is 4.79 Å². The Morgan fingerprint density at radius 3 is 2.52 bits per heavy atom. The third-order valence-corrected chi connectivity index (χ3v) is 4.20. The van der Waals surface area contributed by atoms with E-state index in [1.807, 2.05) is 18.2 Å². The maximum atomic E-state index is 11.9. The van der Waals surface area contributed by atoms with Gasteiger partial charge in [0.15, 0.2) is 0 Å². The molecule has 0 radical (unpaired) electrons. The number of benzene rings is 1. The minimum Gasteiger partial charge on any atom is -0.481 e. The molecular formula is C16H22N2O3. The van der Waals surface area contributed by atoms with Crippen LogP contribution in [0.4, 0.5) is 4.79 Å². The summed E-state index contributed by atoms with van der Waals surface area (Å²) in [5.41, 5.74) is 1.42. The Balaban J connectivity index is 1.80. The van der Waals surface area contributed by atoms with E-state index in [2.05, 4.69) is 24.4 Å². The standard InChI is InChI=1S/C16H22N2O3/c1-16(12-6-4-3-5-7-12)10-13(11-16)17-15(21)18(2)9-8-14(19)20/h3-7,13H,8-11H2,1-2H3,(H,17,21)(H,19,20). The number of amides is 2. The van der Waals surface area contributed by atoms with Crippen molar-refractivity contribution < 1.29 is 14.7 Å². The summed E-state index contributed by atoms with van der Waals surface area (Å²) in [6.07, 6.45) is 1.79. The number of rotatable bonds is 5. The minimum atomic E-state index is -0.894. The molecule has 1 aliphatic rings. The van der Waals surface area contributed by atoms with Crippen LogP contribution in [-0.4, -0.2) is 41.6 Å². The molecule has 0 unspecified atom stereocenters. The molecule has 1 aromatic rings. The second-order valence-electron chi connectivity index (χ2n) is 6.05. The highest BCUT2D eigenvalue weighted by Gasteiger charge is 2.42. The molecule has 0 saturated heterocycles. The van der Waals surface area contributed by atoms with Crippen molar-refractivity contribution in [2.75, 3.05) is 13.6 Å². The van der Waals surface area contributed by atoms with E-state index in [0.29, 0.717) is 0 Å². The summed E-state index contributed by atoms with van der Waals surface area (Å²) in [6, 6.07) is 10.3. The third-order valence-electron chi connectivity index (χ3n) is 4.20. The zero-order valence-corrected chi connectivity index (χ0v) is 12.5. The van der Waals surface area contributed by atoms with E-state index in [9.17, 15) is 9.59 Å². The fourth-order valence-corrected chi connectivity index (χ4v) is 2.86. The Hall–Kier alpha value is -2.04. The molecule has 1 fully saturated rings. The number of hydrogen-bond acceptors (Lipinski definition) is 2. The lowest BCUT2D eigenvalue weighted by molar-refractivity contribution is -0.137. The summed E-state index contributed by atoms with van der Waals surface area (Å²) in [7, 11) is 1.62. The second-order valence-corrected chi connectivity index (χ2v) is 6.05. The van der Waals surface area contributed by atoms with Gasteiger partial charge in [0.2, 0.25) is 0 Å². The lowest BCUT2D eigenvalue weighted by Crippen LogP contribution is -2.54. The van der Waals surface area contributed by atoms with E-state index in [1.54, 1.807) is 7.05 Å². The van der Waals surface area contributed by atoms with Crippen molar-refractivity contribution in [2.24, 2.45) is 0 Å². The highest BCUT2D eigenvalue weighted by Crippen LogP contribution is 2.43. The normalized spacial score (nSPS) is 24.0. The molecule has 1 aliphatic carbocycles. The summed E-state index contributed by atoms with van der Waals surface area (Å²) >= 11 is 0. The maximum absolute atomic E-state index is 11.9. The molecule has 2 N–H and O–H groups in total. The minimum absolute atomic E-state index is 0.0314. The van der Waals surface area contributed by atoms with Gasteiger partial charge in [0, 0.05) is 19.6 Å². The first-order valence-corrected chi connectivity index (χ1v) is 7.20. The fourth-order valence-electron chi connectivity index (χ4n) is 2.86. The summed E-state index contributed by atoms with van der Waals surface area (Å²) in [5.74, 6) is -0.894. The Bertz CT molecular complexity index is 510. The number of aliphatic carboxylic acids is 1. The van der Waals surface area contributed by atoms with E-state index in [4.69, 9.17) is 5.11 Å². The molecule has 2 amide bonds. The predicted octanol–water partition coefficient (Wildman–Crippen LogP) is 2.22. The molecule has 0 bridgehead atoms. The number of carbonyl (C=O) groups excluding carboxylic acids is 1. The highest BCUT2D eigenvalue weighted by atomic mass is 16.4. The molecule has 0 heterocycles. The van der Waals surface area contributed by atoms with E-state index in [-0.39, 0.29) is 30.5 Å². The van der Waals surface area contributed by atoms with Crippen LogP contribution in [0.3, 0.4) is 0 Å². The molecule has 2 rings (SSSR count). The zero-order chi connectivity index (χ0) is 15.5. The van der Waals surface area contributed by atoms with Crippen molar-refractivity contribution >= 4 is 12.0 Å². The van der Waals surface area contributed by atoms with Crippen molar-refractivity contribution in [3.8, 4) is 0 Å². The number of nitrogens with zero attached hydrogens (tertiary/aromatic N) is 1. The van der Waals surface area contributed by atoms with Gasteiger partial charge in [-0.2, -0.15) is 0 Å². The largest absolute Gasteiger partial charge is 0.481 e. The molecule has 114 valence electrons. The topological polar surface area (TPSA) is 69.6 Å². The van der Waals surface area contributed by atoms with Crippen molar-refractivity contribution in [1.82, 2.24) is 10.2 Å². The van der Waals surface area contributed by atoms with Crippen LogP contribution in [0.5, 0.6) is 0 Å². The van der Waals surface area contributed by atoms with Gasteiger partial charge in [-0.1, -0.05) is 37.3 Å². The van der Waals surface area contributed by atoms with Crippen LogP contribution in [0.25, 0.3) is 0 Å². The smallest absolute Gasteiger partial charge is 0.317 e. The van der Waals surface area contributed by atoms with Crippen LogP contribution in [0.1, 0.15) is 31.7 Å². The lowest BCUT2D eigenvalue weighted by atomic mass is 9.63. The molecule has 0 spiro atoms. The molecule has 0 aromatic heterocycles. The predicted molar refractivity (Wildman–Crippen MR) is 80.2 cm³/mol. The number of carboxylic acid groups (broad SMARTS) is 1. The van der Waals surface area contributed by atoms with E-state index >= 15 is 0 Å². The first kappa shape index (κ1) is 15.4. The Labute approximate surface area is 125 Å². The highest BCUT2D eigenvalue weighted by molar-refractivity contribution is 5.75. The van der Waals surface area contributed by atoms with Crippen LogP contribution >= 0.6 is 0 Å². The van der Waals surface area contributed by atoms with Crippen molar-refractivity contribution in [1.29, 1.82) is 0 Å². The van der Waals surface area contributed by atoms with Gasteiger partial charge in [-0.05, 0) is 23.8 Å². The van der Waals surface area contributed by atoms with Crippen molar-refractivity contribution in [3.63, 3.8) is 0 Å². The second kappa shape index (κ2) is 6.16. The number of hydrogen-bond donors (Lipinski definition) is 2. The molecule has 5 heteroatoms. The molecule has 5 nitrogen and oxygen atoms in total. The number of carboxylic acids is 1. The fraction of sp³-hybridized carbons (Fsp3) is 0.500. The van der Waals surface area contributed by atoms with Gasteiger partial charge in [-0.15, -0.1) is 0 Å². The van der Waals surface area contributed by atoms with Gasteiger partial charge in [0.05, 0.1) is 6.42 Å². The molecule has 1 aromatic carbocycles. The number of nitrogens with one attached hydrogen (secondary N) is 1. The summed E-state index contributed by atoms with van der Waals surface area (Å²) in [5, 5.41) is 11.6. The maximum Gasteiger partial charge on any atom is 0.317 e. The van der Waals surface area contributed by atoms with Crippen LogP contribution in [-0.2, 0) is 10.2 Å². The van der Waals surface area contributed by atoms with E-state index in [1.165, 1.54) is 10.5 Å². The first-order chi connectivity index (χ1) is 9.90. The molecule has 21 heavy (non-hydrogen) atoms. The Morgan fingerprint density at radius 2 is 1.95 bits per heavy atom.